The highest BCUT2D eigenvalue weighted by molar-refractivity contribution is 8.25. The summed E-state index contributed by atoms with van der Waals surface area (Å²) in [6.07, 6.45) is 0. The summed E-state index contributed by atoms with van der Waals surface area (Å²) in [5.74, 6) is 1.34. The van der Waals surface area contributed by atoms with Crippen molar-refractivity contribution < 1.29 is 9.59 Å². The van der Waals surface area contributed by atoms with Crippen molar-refractivity contribution in [1.82, 2.24) is 5.43 Å². The van der Waals surface area contributed by atoms with Gasteiger partial charge in [0.25, 0.3) is 11.8 Å². The lowest BCUT2D eigenvalue weighted by Crippen LogP contribution is -2.35. The van der Waals surface area contributed by atoms with Crippen LogP contribution in [0, 0.1) is 0 Å². The molecule has 0 atom stereocenters. The van der Waals surface area contributed by atoms with E-state index in [1.807, 2.05) is 18.2 Å². The summed E-state index contributed by atoms with van der Waals surface area (Å²) < 4.78 is 0.843. The highest BCUT2D eigenvalue weighted by Crippen LogP contribution is 2.40. The van der Waals surface area contributed by atoms with Gasteiger partial charge < -0.3 is 0 Å². The van der Waals surface area contributed by atoms with Gasteiger partial charge in [0.05, 0.1) is 9.92 Å². The molecule has 0 aromatic heterocycles. The molecule has 1 aromatic rings. The van der Waals surface area contributed by atoms with Crippen LogP contribution >= 0.6 is 23.5 Å². The Morgan fingerprint density at radius 1 is 1.06 bits per heavy atom. The van der Waals surface area contributed by atoms with Crippen LogP contribution in [0.4, 0.5) is 5.69 Å². The lowest BCUT2D eigenvalue weighted by atomic mass is 10.2. The van der Waals surface area contributed by atoms with Gasteiger partial charge >= 0.3 is 0 Å². The minimum Gasteiger partial charge on any atom is -0.267 e. The van der Waals surface area contributed by atoms with E-state index in [0.29, 0.717) is 5.69 Å². The summed E-state index contributed by atoms with van der Waals surface area (Å²) >= 11 is 3.16. The number of rotatable bonds is 1. The van der Waals surface area contributed by atoms with E-state index in [-0.39, 0.29) is 17.4 Å². The van der Waals surface area contributed by atoms with Crippen molar-refractivity contribution in [2.75, 3.05) is 16.5 Å². The molecule has 2 aliphatic rings. The predicted octanol–water partition coefficient (Wildman–Crippen LogP) is 1.76. The van der Waals surface area contributed by atoms with Crippen LogP contribution in [0.3, 0.4) is 0 Å². The van der Waals surface area contributed by atoms with E-state index in [9.17, 15) is 9.59 Å². The summed E-state index contributed by atoms with van der Waals surface area (Å²) in [5, 5.41) is 1.31. The Bertz CT molecular complexity index is 534. The molecule has 1 N–H and O–H groups in total. The molecule has 0 bridgehead atoms. The zero-order valence-corrected chi connectivity index (χ0v) is 11.0. The molecule has 2 saturated heterocycles. The van der Waals surface area contributed by atoms with Gasteiger partial charge in [0, 0.05) is 11.5 Å². The normalized spacial score (nSPS) is 19.7. The number of hydrogen-bond donors (Lipinski definition) is 1. The van der Waals surface area contributed by atoms with Crippen LogP contribution in [0.5, 0.6) is 0 Å². The Morgan fingerprint density at radius 3 is 2.39 bits per heavy atom. The zero-order valence-electron chi connectivity index (χ0n) is 9.38. The largest absolute Gasteiger partial charge is 0.284 e. The Balaban J connectivity index is 1.96. The number of thioether (sulfide) groups is 2. The Morgan fingerprint density at radius 2 is 1.72 bits per heavy atom. The van der Waals surface area contributed by atoms with Gasteiger partial charge in [-0.2, -0.15) is 0 Å². The van der Waals surface area contributed by atoms with Gasteiger partial charge in [-0.25, -0.2) is 5.01 Å². The van der Waals surface area contributed by atoms with E-state index in [1.165, 1.54) is 5.01 Å². The molecule has 92 valence electrons. The predicted molar refractivity (Wildman–Crippen MR) is 74.0 cm³/mol. The minimum absolute atomic E-state index is 0.261. The molecule has 2 heterocycles. The summed E-state index contributed by atoms with van der Waals surface area (Å²) in [4.78, 5) is 24.2. The van der Waals surface area contributed by atoms with Crippen molar-refractivity contribution >= 4 is 41.0 Å². The molecular weight excluding hydrogens is 268 g/mol. The van der Waals surface area contributed by atoms with Gasteiger partial charge in [-0.1, -0.05) is 18.2 Å². The van der Waals surface area contributed by atoms with E-state index >= 15 is 0 Å². The molecule has 2 amide bonds. The molecule has 2 fully saturated rings. The number of carbonyl (C=O) groups excluding carboxylic acids is 2. The smallest absolute Gasteiger partial charge is 0.267 e. The Kier molecular flexibility index (Phi) is 3.05. The number of hydrogen-bond acceptors (Lipinski definition) is 4. The number of nitrogens with one attached hydrogen (secondary N) is 1. The standard InChI is InChI=1S/C12H10N2O2S2/c15-10-9(12-17-6-7-18-12)11(16)14(13-10)8-4-2-1-3-5-8/h1-5H,6-7H2,(H,13,15). The second kappa shape index (κ2) is 4.70. The molecule has 0 spiro atoms. The fourth-order valence-electron chi connectivity index (χ4n) is 1.81. The molecule has 18 heavy (non-hydrogen) atoms. The van der Waals surface area contributed by atoms with Gasteiger partial charge in [0.2, 0.25) is 0 Å². The van der Waals surface area contributed by atoms with E-state index in [1.54, 1.807) is 35.7 Å². The minimum atomic E-state index is -0.305. The number of amides is 2. The van der Waals surface area contributed by atoms with E-state index in [4.69, 9.17) is 0 Å². The first-order valence-corrected chi connectivity index (χ1v) is 7.45. The number of nitrogens with zero attached hydrogens (tertiary/aromatic N) is 1. The quantitative estimate of drug-likeness (QED) is 0.628. The maximum Gasteiger partial charge on any atom is 0.284 e. The second-order valence-corrected chi connectivity index (χ2v) is 6.25. The van der Waals surface area contributed by atoms with Crippen molar-refractivity contribution in [2.45, 2.75) is 0 Å². The van der Waals surface area contributed by atoms with Crippen LogP contribution in [-0.2, 0) is 9.59 Å². The van der Waals surface area contributed by atoms with Gasteiger partial charge in [-0.3, -0.25) is 15.0 Å². The Labute approximate surface area is 113 Å². The maximum absolute atomic E-state index is 12.3. The third kappa shape index (κ3) is 1.91. The van der Waals surface area contributed by atoms with Crippen LogP contribution in [0.1, 0.15) is 0 Å². The molecule has 0 radical (unpaired) electrons. The molecule has 1 aromatic carbocycles. The van der Waals surface area contributed by atoms with E-state index < -0.39 is 0 Å². The van der Waals surface area contributed by atoms with Crippen molar-refractivity contribution in [2.24, 2.45) is 0 Å². The van der Waals surface area contributed by atoms with Gasteiger partial charge in [-0.15, -0.1) is 23.5 Å². The topological polar surface area (TPSA) is 49.4 Å². The first-order valence-electron chi connectivity index (χ1n) is 5.48. The first kappa shape index (κ1) is 11.7. The number of benzene rings is 1. The van der Waals surface area contributed by atoms with Gasteiger partial charge in [0.1, 0.15) is 5.57 Å². The molecule has 2 aliphatic heterocycles. The van der Waals surface area contributed by atoms with Crippen LogP contribution < -0.4 is 10.4 Å². The highest BCUT2D eigenvalue weighted by atomic mass is 32.2. The summed E-state index contributed by atoms with van der Waals surface area (Å²) in [6.45, 7) is 0. The van der Waals surface area contributed by atoms with Crippen molar-refractivity contribution in [3.05, 3.63) is 40.1 Å². The molecule has 3 rings (SSSR count). The average Bonchev–Trinajstić information content (AvgIpc) is 2.99. The van der Waals surface area contributed by atoms with E-state index in [0.717, 1.165) is 15.7 Å². The van der Waals surface area contributed by atoms with Crippen molar-refractivity contribution in [1.29, 1.82) is 0 Å². The fraction of sp³-hybridized carbons (Fsp3) is 0.167. The lowest BCUT2D eigenvalue weighted by Gasteiger charge is -2.13. The molecular formula is C12H10N2O2S2. The van der Waals surface area contributed by atoms with Crippen LogP contribution in [0.2, 0.25) is 0 Å². The highest BCUT2D eigenvalue weighted by Gasteiger charge is 2.38. The SMILES string of the molecule is O=C1NN(c2ccccc2)C(=O)C1=C1SCCS1. The second-order valence-electron chi connectivity index (χ2n) is 3.78. The molecule has 6 heteroatoms. The van der Waals surface area contributed by atoms with Gasteiger partial charge in [-0.05, 0) is 12.1 Å². The number of carbonyl (C=O) groups is 2. The molecule has 0 unspecified atom stereocenters. The van der Waals surface area contributed by atoms with Crippen LogP contribution in [0.25, 0.3) is 0 Å². The third-order valence-corrected chi connectivity index (χ3v) is 5.34. The zero-order chi connectivity index (χ0) is 12.5. The number of anilines is 1. The third-order valence-electron chi connectivity index (χ3n) is 2.63. The van der Waals surface area contributed by atoms with Crippen molar-refractivity contribution in [3.63, 3.8) is 0 Å². The molecule has 4 nitrogen and oxygen atoms in total. The Hall–Kier alpha value is -1.40. The molecule has 0 saturated carbocycles. The summed E-state index contributed by atoms with van der Waals surface area (Å²) in [6, 6.07) is 9.12. The van der Waals surface area contributed by atoms with Crippen LogP contribution in [0.15, 0.2) is 40.1 Å². The lowest BCUT2D eigenvalue weighted by molar-refractivity contribution is -0.117. The average molecular weight is 278 g/mol. The van der Waals surface area contributed by atoms with Crippen molar-refractivity contribution in [3.8, 4) is 0 Å². The fourth-order valence-corrected chi connectivity index (χ4v) is 4.33. The van der Waals surface area contributed by atoms with Gasteiger partial charge in [0.15, 0.2) is 0 Å². The first-order chi connectivity index (χ1) is 8.77. The summed E-state index contributed by atoms with van der Waals surface area (Å²) in [5.41, 5.74) is 3.57. The summed E-state index contributed by atoms with van der Waals surface area (Å²) in [7, 11) is 0. The van der Waals surface area contributed by atoms with E-state index in [2.05, 4.69) is 5.43 Å². The van der Waals surface area contributed by atoms with Crippen LogP contribution in [-0.4, -0.2) is 23.3 Å². The number of para-hydroxylation sites is 1. The maximum atomic E-state index is 12.3. The molecule has 0 aliphatic carbocycles. The number of hydrazine groups is 1. The monoisotopic (exact) mass is 278 g/mol.